The fraction of sp³-hybridized carbons (Fsp3) is 0.379. The Morgan fingerprint density at radius 2 is 1.77 bits per heavy atom. The van der Waals surface area contributed by atoms with Crippen LogP contribution >= 0.6 is 0 Å². The number of sulfonamides is 1. The van der Waals surface area contributed by atoms with E-state index < -0.39 is 37.9 Å². The smallest absolute Gasteiger partial charge is 0.307 e. The third-order valence-corrected chi connectivity index (χ3v) is 9.51. The molecule has 1 fully saturated rings. The van der Waals surface area contributed by atoms with Gasteiger partial charge in [0.25, 0.3) is 5.91 Å². The first kappa shape index (κ1) is 29.4. The van der Waals surface area contributed by atoms with Gasteiger partial charge in [0, 0.05) is 6.54 Å². The molecule has 0 spiro atoms. The van der Waals surface area contributed by atoms with E-state index in [0.29, 0.717) is 30.8 Å². The van der Waals surface area contributed by atoms with Crippen LogP contribution in [0.15, 0.2) is 78.6 Å². The van der Waals surface area contributed by atoms with Crippen LogP contribution in [-0.2, 0) is 35.8 Å². The van der Waals surface area contributed by atoms with Crippen molar-refractivity contribution in [1.29, 1.82) is 0 Å². The van der Waals surface area contributed by atoms with Gasteiger partial charge in [0.2, 0.25) is 10.0 Å². The Morgan fingerprint density at radius 1 is 1.05 bits per heavy atom. The van der Waals surface area contributed by atoms with Crippen molar-refractivity contribution in [2.45, 2.75) is 50.4 Å². The van der Waals surface area contributed by atoms with Crippen molar-refractivity contribution in [2.24, 2.45) is 5.41 Å². The van der Waals surface area contributed by atoms with Crippen LogP contribution in [0, 0.1) is 11.2 Å². The second-order valence-electron chi connectivity index (χ2n) is 9.68. The molecule has 1 unspecified atom stereocenters. The van der Waals surface area contributed by atoms with Crippen LogP contribution in [0.5, 0.6) is 5.75 Å². The van der Waals surface area contributed by atoms with Crippen molar-refractivity contribution in [3.05, 3.63) is 90.0 Å². The molecule has 1 saturated carbocycles. The maximum absolute atomic E-state index is 13.9. The molecule has 9 nitrogen and oxygen atoms in total. The number of hydrogen-bond donors (Lipinski definition) is 2. The standard InChI is InChI=1S/C29H33FN2O7S/c1-2-37-26(33)15-20-31-40(35,36)29(18-13-25(14-19-29)39-24-11-9-23(30)10-12-24)28(16-6-17-28)27(34)32-38-21-22-7-4-3-5-8-22/h3-5,7-14,18,31H,2,6,15-17,19-21H2,1H3,(H,32,34). The molecule has 0 radical (unpaired) electrons. The third-order valence-electron chi connectivity index (χ3n) is 7.28. The molecule has 214 valence electrons. The van der Waals surface area contributed by atoms with E-state index in [0.717, 1.165) is 5.56 Å². The molecule has 2 N–H and O–H groups in total. The SMILES string of the molecule is CCOC(=O)CCNS(=O)(=O)C1(C2(C(=O)NOCc3ccccc3)CCC2)C=CC(Oc2ccc(F)cc2)=CC1. The summed E-state index contributed by atoms with van der Waals surface area (Å²) >= 11 is 0. The van der Waals surface area contributed by atoms with Gasteiger partial charge in [-0.15, -0.1) is 0 Å². The summed E-state index contributed by atoms with van der Waals surface area (Å²) in [5.41, 5.74) is 2.01. The fourth-order valence-electron chi connectivity index (χ4n) is 5.01. The zero-order valence-corrected chi connectivity index (χ0v) is 23.0. The second-order valence-corrected chi connectivity index (χ2v) is 11.7. The van der Waals surface area contributed by atoms with Crippen LogP contribution in [0.25, 0.3) is 0 Å². The minimum atomic E-state index is -4.21. The molecule has 2 aromatic rings. The van der Waals surface area contributed by atoms with Gasteiger partial charge in [-0.2, -0.15) is 0 Å². The Kier molecular flexibility index (Phi) is 9.39. The molecule has 1 amide bonds. The number of esters is 1. The van der Waals surface area contributed by atoms with Gasteiger partial charge in [0.1, 0.15) is 22.1 Å². The van der Waals surface area contributed by atoms with Crippen LogP contribution in [0.2, 0.25) is 0 Å². The topological polar surface area (TPSA) is 120 Å². The lowest BCUT2D eigenvalue weighted by Gasteiger charge is -2.52. The average molecular weight is 573 g/mol. The highest BCUT2D eigenvalue weighted by molar-refractivity contribution is 7.91. The summed E-state index contributed by atoms with van der Waals surface area (Å²) < 4.78 is 52.7. The summed E-state index contributed by atoms with van der Waals surface area (Å²) in [6.45, 7) is 1.79. The number of allylic oxidation sites excluding steroid dienone is 2. The number of amides is 1. The molecule has 2 aliphatic carbocycles. The van der Waals surface area contributed by atoms with Crippen molar-refractivity contribution in [3.8, 4) is 5.75 Å². The van der Waals surface area contributed by atoms with Gasteiger partial charge in [0.15, 0.2) is 0 Å². The van der Waals surface area contributed by atoms with Crippen molar-refractivity contribution in [3.63, 3.8) is 0 Å². The lowest BCUT2D eigenvalue weighted by atomic mass is 9.58. The molecule has 0 heterocycles. The van der Waals surface area contributed by atoms with Crippen molar-refractivity contribution < 1.29 is 36.7 Å². The number of halogens is 1. The van der Waals surface area contributed by atoms with Gasteiger partial charge < -0.3 is 9.47 Å². The number of hydroxylamine groups is 1. The number of carbonyl (C=O) groups excluding carboxylic acids is 2. The normalized spacial score (nSPS) is 19.7. The number of nitrogens with one attached hydrogen (secondary N) is 2. The summed E-state index contributed by atoms with van der Waals surface area (Å²) in [5.74, 6) is -0.734. The first-order valence-electron chi connectivity index (χ1n) is 13.2. The third kappa shape index (κ3) is 6.27. The molecule has 1 atom stereocenters. The Balaban J connectivity index is 1.57. The van der Waals surface area contributed by atoms with Gasteiger partial charge in [-0.25, -0.2) is 23.0 Å². The molecule has 0 saturated heterocycles. The molecule has 0 bridgehead atoms. The van der Waals surface area contributed by atoms with Crippen LogP contribution < -0.4 is 14.9 Å². The van der Waals surface area contributed by atoms with Gasteiger partial charge in [-0.1, -0.05) is 42.8 Å². The Bertz CT molecular complexity index is 1360. The molecular formula is C29H33FN2O7S. The van der Waals surface area contributed by atoms with E-state index in [2.05, 4.69) is 10.2 Å². The van der Waals surface area contributed by atoms with E-state index in [1.54, 1.807) is 13.0 Å². The van der Waals surface area contributed by atoms with Crippen LogP contribution in [0.3, 0.4) is 0 Å². The number of hydrogen-bond acceptors (Lipinski definition) is 7. The van der Waals surface area contributed by atoms with E-state index in [4.69, 9.17) is 14.3 Å². The minimum absolute atomic E-state index is 0.0686. The number of rotatable bonds is 13. The lowest BCUT2D eigenvalue weighted by Crippen LogP contribution is -2.65. The Hall–Kier alpha value is -3.54. The number of benzene rings is 2. The molecule has 11 heteroatoms. The molecule has 40 heavy (non-hydrogen) atoms. The van der Waals surface area contributed by atoms with Crippen LogP contribution in [0.1, 0.15) is 44.6 Å². The van der Waals surface area contributed by atoms with Crippen molar-refractivity contribution in [1.82, 2.24) is 10.2 Å². The van der Waals surface area contributed by atoms with E-state index in [-0.39, 0.29) is 32.6 Å². The molecule has 0 aromatic heterocycles. The van der Waals surface area contributed by atoms with Crippen molar-refractivity contribution >= 4 is 21.9 Å². The molecule has 2 aromatic carbocycles. The fourth-order valence-corrected chi connectivity index (χ4v) is 7.00. The zero-order valence-electron chi connectivity index (χ0n) is 22.2. The van der Waals surface area contributed by atoms with Gasteiger partial charge in [-0.3, -0.25) is 14.4 Å². The Labute approximate surface area is 233 Å². The quantitative estimate of drug-likeness (QED) is 0.274. The molecule has 0 aliphatic heterocycles. The average Bonchev–Trinajstić information content (AvgIpc) is 2.91. The maximum atomic E-state index is 13.9. The minimum Gasteiger partial charge on any atom is -0.466 e. The van der Waals surface area contributed by atoms with Crippen LogP contribution in [0.4, 0.5) is 4.39 Å². The summed E-state index contributed by atoms with van der Waals surface area (Å²) in [6, 6.07) is 14.7. The largest absolute Gasteiger partial charge is 0.466 e. The molecule has 4 rings (SSSR count). The zero-order chi connectivity index (χ0) is 28.6. The lowest BCUT2D eigenvalue weighted by molar-refractivity contribution is -0.152. The van der Waals surface area contributed by atoms with E-state index in [1.165, 1.54) is 36.4 Å². The summed E-state index contributed by atoms with van der Waals surface area (Å²) in [4.78, 5) is 31.0. The molecular weight excluding hydrogens is 539 g/mol. The van der Waals surface area contributed by atoms with Crippen molar-refractivity contribution in [2.75, 3.05) is 13.2 Å². The predicted molar refractivity (Wildman–Crippen MR) is 145 cm³/mol. The predicted octanol–water partition coefficient (Wildman–Crippen LogP) is 4.08. The van der Waals surface area contributed by atoms with Gasteiger partial charge in [0.05, 0.1) is 25.0 Å². The summed E-state index contributed by atoms with van der Waals surface area (Å²) in [7, 11) is -4.21. The highest BCUT2D eigenvalue weighted by Gasteiger charge is 2.65. The van der Waals surface area contributed by atoms with E-state index in [1.807, 2.05) is 30.3 Å². The Morgan fingerprint density at radius 3 is 2.38 bits per heavy atom. The van der Waals surface area contributed by atoms with Crippen LogP contribution in [-0.4, -0.2) is 38.2 Å². The maximum Gasteiger partial charge on any atom is 0.307 e. The van der Waals surface area contributed by atoms with E-state index >= 15 is 0 Å². The van der Waals surface area contributed by atoms with E-state index in [9.17, 15) is 22.4 Å². The highest BCUT2D eigenvalue weighted by atomic mass is 32.2. The summed E-state index contributed by atoms with van der Waals surface area (Å²) in [5, 5.41) is 0. The van der Waals surface area contributed by atoms with Gasteiger partial charge in [-0.05, 0) is 68.2 Å². The monoisotopic (exact) mass is 572 g/mol. The second kappa shape index (κ2) is 12.8. The summed E-state index contributed by atoms with van der Waals surface area (Å²) in [6.07, 6.45) is 5.66. The highest BCUT2D eigenvalue weighted by Crippen LogP contribution is 2.56. The number of ether oxygens (including phenoxy) is 2. The first-order chi connectivity index (χ1) is 19.2. The number of carbonyl (C=O) groups is 2. The first-order valence-corrected chi connectivity index (χ1v) is 14.6. The van der Waals surface area contributed by atoms with Gasteiger partial charge >= 0.3 is 5.97 Å². The molecule has 2 aliphatic rings.